The number of amides is 1. The van der Waals surface area contributed by atoms with E-state index in [4.69, 9.17) is 9.68 Å². The number of nitrogens with zero attached hydrogens (tertiary/aromatic N) is 1. The van der Waals surface area contributed by atoms with Gasteiger partial charge in [0.05, 0.1) is 17.9 Å². The maximum atomic E-state index is 11.6. The summed E-state index contributed by atoms with van der Waals surface area (Å²) >= 11 is 0. The van der Waals surface area contributed by atoms with E-state index in [1.807, 2.05) is 6.07 Å². The van der Waals surface area contributed by atoms with E-state index in [0.717, 1.165) is 0 Å². The van der Waals surface area contributed by atoms with Crippen LogP contribution in [0.15, 0.2) is 53.2 Å². The van der Waals surface area contributed by atoms with Crippen molar-refractivity contribution in [2.45, 2.75) is 0 Å². The maximum absolute atomic E-state index is 11.6. The number of furan rings is 1. The smallest absolute Gasteiger partial charge is 0.248 e. The van der Waals surface area contributed by atoms with E-state index in [2.05, 4.69) is 5.32 Å². The maximum Gasteiger partial charge on any atom is 0.248 e. The summed E-state index contributed by atoms with van der Waals surface area (Å²) in [6, 6.07) is 12.2. The van der Waals surface area contributed by atoms with E-state index in [1.165, 1.54) is 12.3 Å². The number of carbonyl (C=O) groups excluding carboxylic acids is 1. The Labute approximate surface area is 104 Å². The zero-order valence-electron chi connectivity index (χ0n) is 9.46. The van der Waals surface area contributed by atoms with Gasteiger partial charge in [0, 0.05) is 11.8 Å². The zero-order chi connectivity index (χ0) is 12.8. The quantitative estimate of drug-likeness (QED) is 0.836. The molecule has 1 aromatic carbocycles. The van der Waals surface area contributed by atoms with E-state index in [0.29, 0.717) is 17.0 Å². The number of nitrogens with one attached hydrogen (secondary N) is 1. The van der Waals surface area contributed by atoms with Crippen LogP contribution >= 0.6 is 0 Å². The molecule has 18 heavy (non-hydrogen) atoms. The molecule has 1 aromatic heterocycles. The molecule has 0 atom stereocenters. The van der Waals surface area contributed by atoms with E-state index < -0.39 is 0 Å². The first-order valence-corrected chi connectivity index (χ1v) is 5.30. The average Bonchev–Trinajstić information content (AvgIpc) is 2.90. The largest absolute Gasteiger partial charge is 0.465 e. The van der Waals surface area contributed by atoms with E-state index in [9.17, 15) is 4.79 Å². The number of hydrogen-bond acceptors (Lipinski definition) is 3. The molecule has 2 rings (SSSR count). The van der Waals surface area contributed by atoms with Crippen LogP contribution in [0.3, 0.4) is 0 Å². The molecular weight excluding hydrogens is 228 g/mol. The van der Waals surface area contributed by atoms with Crippen LogP contribution in [0.1, 0.15) is 11.3 Å². The Balaban J connectivity index is 2.01. The molecule has 4 heteroatoms. The third-order valence-electron chi connectivity index (χ3n) is 2.20. The minimum absolute atomic E-state index is 0.276. The summed E-state index contributed by atoms with van der Waals surface area (Å²) in [7, 11) is 0. The lowest BCUT2D eigenvalue weighted by molar-refractivity contribution is -0.111. The molecule has 0 aliphatic rings. The molecule has 0 unspecified atom stereocenters. The van der Waals surface area contributed by atoms with Gasteiger partial charge >= 0.3 is 0 Å². The molecule has 1 N–H and O–H groups in total. The topological polar surface area (TPSA) is 66.0 Å². The molecule has 0 bridgehead atoms. The van der Waals surface area contributed by atoms with Crippen LogP contribution < -0.4 is 5.32 Å². The fourth-order valence-corrected chi connectivity index (χ4v) is 1.39. The van der Waals surface area contributed by atoms with Gasteiger partial charge < -0.3 is 9.73 Å². The van der Waals surface area contributed by atoms with Gasteiger partial charge in [0.1, 0.15) is 5.76 Å². The van der Waals surface area contributed by atoms with Crippen molar-refractivity contribution in [1.29, 1.82) is 5.26 Å². The van der Waals surface area contributed by atoms with Crippen LogP contribution in [0, 0.1) is 11.3 Å². The second kappa shape index (κ2) is 5.51. The number of anilines is 1. The average molecular weight is 238 g/mol. The summed E-state index contributed by atoms with van der Waals surface area (Å²) in [6.07, 6.45) is 4.48. The van der Waals surface area contributed by atoms with Gasteiger partial charge in [-0.05, 0) is 36.4 Å². The molecule has 0 radical (unpaired) electrons. The van der Waals surface area contributed by atoms with Crippen LogP contribution in [0.4, 0.5) is 5.69 Å². The number of rotatable bonds is 3. The summed E-state index contributed by atoms with van der Waals surface area (Å²) in [5, 5.41) is 11.4. The van der Waals surface area contributed by atoms with Crippen molar-refractivity contribution in [2.24, 2.45) is 0 Å². The Hall–Kier alpha value is -2.80. The number of nitriles is 1. The van der Waals surface area contributed by atoms with Crippen molar-refractivity contribution in [3.63, 3.8) is 0 Å². The summed E-state index contributed by atoms with van der Waals surface area (Å²) in [6.45, 7) is 0. The van der Waals surface area contributed by atoms with Gasteiger partial charge in [-0.2, -0.15) is 5.26 Å². The molecule has 88 valence electrons. The van der Waals surface area contributed by atoms with Crippen molar-refractivity contribution in [1.82, 2.24) is 0 Å². The summed E-state index contributed by atoms with van der Waals surface area (Å²) < 4.78 is 5.06. The first-order valence-electron chi connectivity index (χ1n) is 5.30. The number of hydrogen-bond donors (Lipinski definition) is 1. The SMILES string of the molecule is N#Cc1cccc(NC(=O)C=Cc2ccco2)c1. The van der Waals surface area contributed by atoms with Crippen LogP contribution in [-0.2, 0) is 4.79 Å². The molecule has 0 aliphatic carbocycles. The highest BCUT2D eigenvalue weighted by Gasteiger charge is 1.99. The molecule has 1 amide bonds. The lowest BCUT2D eigenvalue weighted by Crippen LogP contribution is -2.07. The van der Waals surface area contributed by atoms with Crippen molar-refractivity contribution in [3.8, 4) is 6.07 Å². The molecule has 0 saturated carbocycles. The summed E-state index contributed by atoms with van der Waals surface area (Å²) in [4.78, 5) is 11.6. The van der Waals surface area contributed by atoms with Crippen LogP contribution in [0.5, 0.6) is 0 Å². The first kappa shape index (κ1) is 11.7. The monoisotopic (exact) mass is 238 g/mol. The van der Waals surface area contributed by atoms with Crippen molar-refractivity contribution in [2.75, 3.05) is 5.32 Å². The van der Waals surface area contributed by atoms with E-state index in [1.54, 1.807) is 42.5 Å². The van der Waals surface area contributed by atoms with Crippen LogP contribution in [0.25, 0.3) is 6.08 Å². The van der Waals surface area contributed by atoms with Gasteiger partial charge in [0.15, 0.2) is 0 Å². The predicted octanol–water partition coefficient (Wildman–Crippen LogP) is 2.80. The first-order chi connectivity index (χ1) is 8.78. The van der Waals surface area contributed by atoms with Crippen LogP contribution in [-0.4, -0.2) is 5.91 Å². The van der Waals surface area contributed by atoms with Gasteiger partial charge in [-0.1, -0.05) is 6.07 Å². The Morgan fingerprint density at radius 1 is 1.33 bits per heavy atom. The molecule has 1 heterocycles. The Kier molecular flexibility index (Phi) is 3.57. The summed E-state index contributed by atoms with van der Waals surface area (Å²) in [5.74, 6) is 0.331. The van der Waals surface area contributed by atoms with Crippen LogP contribution in [0.2, 0.25) is 0 Å². The Morgan fingerprint density at radius 3 is 2.94 bits per heavy atom. The molecule has 0 fully saturated rings. The Bertz CT molecular complexity index is 607. The predicted molar refractivity (Wildman–Crippen MR) is 67.5 cm³/mol. The molecule has 0 spiro atoms. The second-order valence-corrected chi connectivity index (χ2v) is 3.53. The van der Waals surface area contributed by atoms with E-state index >= 15 is 0 Å². The minimum atomic E-state index is -0.276. The molecular formula is C14H10N2O2. The third-order valence-corrected chi connectivity index (χ3v) is 2.20. The number of carbonyl (C=O) groups is 1. The van der Waals surface area contributed by atoms with Crippen molar-refractivity contribution < 1.29 is 9.21 Å². The standard InChI is InChI=1S/C14H10N2O2/c15-10-11-3-1-4-12(9-11)16-14(17)7-6-13-5-2-8-18-13/h1-9H,(H,16,17). The highest BCUT2D eigenvalue weighted by Crippen LogP contribution is 2.10. The van der Waals surface area contributed by atoms with Crippen molar-refractivity contribution >= 4 is 17.7 Å². The van der Waals surface area contributed by atoms with Gasteiger partial charge in [-0.3, -0.25) is 4.79 Å². The number of benzene rings is 1. The molecule has 4 nitrogen and oxygen atoms in total. The van der Waals surface area contributed by atoms with Gasteiger partial charge in [0.25, 0.3) is 0 Å². The van der Waals surface area contributed by atoms with Gasteiger partial charge in [0.2, 0.25) is 5.91 Å². The summed E-state index contributed by atoms with van der Waals surface area (Å²) in [5.41, 5.74) is 1.09. The fourth-order valence-electron chi connectivity index (χ4n) is 1.39. The fraction of sp³-hybridized carbons (Fsp3) is 0. The third kappa shape index (κ3) is 3.09. The second-order valence-electron chi connectivity index (χ2n) is 3.53. The van der Waals surface area contributed by atoms with Gasteiger partial charge in [-0.25, -0.2) is 0 Å². The Morgan fingerprint density at radius 2 is 2.22 bits per heavy atom. The minimum Gasteiger partial charge on any atom is -0.465 e. The van der Waals surface area contributed by atoms with E-state index in [-0.39, 0.29) is 5.91 Å². The molecule has 2 aromatic rings. The lowest BCUT2D eigenvalue weighted by Gasteiger charge is -2.01. The lowest BCUT2D eigenvalue weighted by atomic mass is 10.2. The highest BCUT2D eigenvalue weighted by atomic mass is 16.3. The molecule has 0 saturated heterocycles. The zero-order valence-corrected chi connectivity index (χ0v) is 9.46. The normalized spacial score (nSPS) is 10.2. The molecule has 0 aliphatic heterocycles. The van der Waals surface area contributed by atoms with Gasteiger partial charge in [-0.15, -0.1) is 0 Å². The highest BCUT2D eigenvalue weighted by molar-refractivity contribution is 6.01. The van der Waals surface area contributed by atoms with Crippen molar-refractivity contribution in [3.05, 3.63) is 60.1 Å².